The summed E-state index contributed by atoms with van der Waals surface area (Å²) in [5.41, 5.74) is 3.38. The van der Waals surface area contributed by atoms with E-state index >= 15 is 0 Å². The largest absolute Gasteiger partial charge is 0.497 e. The van der Waals surface area contributed by atoms with E-state index in [1.807, 2.05) is 57.2 Å². The zero-order valence-corrected chi connectivity index (χ0v) is 24.7. The molecule has 8 nitrogen and oxygen atoms in total. The molecule has 214 valence electrons. The number of carbonyl (C=O) groups is 2. The lowest BCUT2D eigenvalue weighted by atomic mass is 10.1. The van der Waals surface area contributed by atoms with E-state index < -0.39 is 16.1 Å². The molecule has 9 heteroatoms. The number of nitrogens with one attached hydrogen (secondary N) is 1. The Bertz CT molecular complexity index is 1240. The van der Waals surface area contributed by atoms with Gasteiger partial charge in [0.05, 0.1) is 19.1 Å². The van der Waals surface area contributed by atoms with E-state index in [0.717, 1.165) is 42.4 Å². The van der Waals surface area contributed by atoms with Gasteiger partial charge in [0.25, 0.3) is 0 Å². The Labute approximate surface area is 233 Å². The SMILES string of the molecule is CCC(C(=O)NC1CCCC1)N(Cc1cccc(OC)c1)C(=O)CCCN(c1cccc(C)c1C)S(C)(=O)=O. The number of nitrogens with zero attached hydrogens (tertiary/aromatic N) is 2. The van der Waals surface area contributed by atoms with Crippen molar-refractivity contribution in [1.29, 1.82) is 0 Å². The molecular weight excluding hydrogens is 514 g/mol. The number of sulfonamides is 1. The molecule has 3 rings (SSSR count). The summed E-state index contributed by atoms with van der Waals surface area (Å²) >= 11 is 0. The Morgan fingerprint density at radius 2 is 1.79 bits per heavy atom. The smallest absolute Gasteiger partial charge is 0.243 e. The first kappa shape index (κ1) is 30.5. The minimum absolute atomic E-state index is 0.119. The van der Waals surface area contributed by atoms with E-state index in [-0.39, 0.29) is 37.4 Å². The molecule has 1 N–H and O–H groups in total. The molecule has 1 saturated carbocycles. The van der Waals surface area contributed by atoms with Crippen LogP contribution in [0.4, 0.5) is 5.69 Å². The van der Waals surface area contributed by atoms with Crippen molar-refractivity contribution in [2.45, 2.75) is 84.3 Å². The van der Waals surface area contributed by atoms with Gasteiger partial charge in [0, 0.05) is 25.6 Å². The lowest BCUT2D eigenvalue weighted by molar-refractivity contribution is -0.141. The maximum atomic E-state index is 13.7. The minimum Gasteiger partial charge on any atom is -0.497 e. The van der Waals surface area contributed by atoms with E-state index in [0.29, 0.717) is 24.3 Å². The van der Waals surface area contributed by atoms with Gasteiger partial charge in [0.1, 0.15) is 11.8 Å². The van der Waals surface area contributed by atoms with Gasteiger partial charge in [0.15, 0.2) is 0 Å². The first-order valence-corrected chi connectivity index (χ1v) is 15.7. The molecule has 0 aromatic heterocycles. The highest BCUT2D eigenvalue weighted by atomic mass is 32.2. The highest BCUT2D eigenvalue weighted by Gasteiger charge is 2.31. The fourth-order valence-electron chi connectivity index (χ4n) is 5.24. The average molecular weight is 558 g/mol. The minimum atomic E-state index is -3.55. The predicted octanol–water partition coefficient (Wildman–Crippen LogP) is 4.72. The third-order valence-electron chi connectivity index (χ3n) is 7.57. The fraction of sp³-hybridized carbons (Fsp3) is 0.533. The van der Waals surface area contributed by atoms with Crippen LogP contribution in [0.25, 0.3) is 0 Å². The summed E-state index contributed by atoms with van der Waals surface area (Å²) < 4.78 is 32.1. The van der Waals surface area contributed by atoms with Crippen molar-refractivity contribution < 1.29 is 22.7 Å². The Kier molecular flexibility index (Phi) is 10.8. The van der Waals surface area contributed by atoms with Crippen LogP contribution in [-0.4, -0.2) is 57.1 Å². The van der Waals surface area contributed by atoms with Gasteiger partial charge in [-0.05, 0) is 74.4 Å². The zero-order chi connectivity index (χ0) is 28.6. The van der Waals surface area contributed by atoms with E-state index in [1.165, 1.54) is 10.6 Å². The quantitative estimate of drug-likeness (QED) is 0.384. The van der Waals surface area contributed by atoms with Crippen molar-refractivity contribution >= 4 is 27.5 Å². The molecule has 2 aromatic rings. The Morgan fingerprint density at radius 1 is 1.10 bits per heavy atom. The first-order valence-electron chi connectivity index (χ1n) is 13.8. The van der Waals surface area contributed by atoms with Crippen LogP contribution in [-0.2, 0) is 26.2 Å². The number of rotatable bonds is 13. The number of methoxy groups -OCH3 is 1. The van der Waals surface area contributed by atoms with Gasteiger partial charge in [-0.25, -0.2) is 8.42 Å². The fourth-order valence-corrected chi connectivity index (χ4v) is 6.26. The number of carbonyl (C=O) groups excluding carboxylic acids is 2. The van der Waals surface area contributed by atoms with E-state index in [2.05, 4.69) is 5.32 Å². The lowest BCUT2D eigenvalue weighted by Crippen LogP contribution is -2.51. The monoisotopic (exact) mass is 557 g/mol. The molecule has 0 aliphatic heterocycles. The van der Waals surface area contributed by atoms with Gasteiger partial charge in [-0.15, -0.1) is 0 Å². The topological polar surface area (TPSA) is 96.0 Å². The molecule has 1 fully saturated rings. The molecule has 0 saturated heterocycles. The maximum absolute atomic E-state index is 13.7. The van der Waals surface area contributed by atoms with Crippen LogP contribution in [0.2, 0.25) is 0 Å². The number of hydrogen-bond donors (Lipinski definition) is 1. The second-order valence-electron chi connectivity index (χ2n) is 10.4. The van der Waals surface area contributed by atoms with Gasteiger partial charge in [0.2, 0.25) is 21.8 Å². The number of hydrogen-bond acceptors (Lipinski definition) is 5. The predicted molar refractivity (Wildman–Crippen MR) is 155 cm³/mol. The van der Waals surface area contributed by atoms with Crippen LogP contribution in [0.15, 0.2) is 42.5 Å². The van der Waals surface area contributed by atoms with Crippen molar-refractivity contribution in [1.82, 2.24) is 10.2 Å². The van der Waals surface area contributed by atoms with Gasteiger partial charge >= 0.3 is 0 Å². The summed E-state index contributed by atoms with van der Waals surface area (Å²) in [6, 6.07) is 12.6. The molecule has 0 radical (unpaired) electrons. The molecule has 2 amide bonds. The maximum Gasteiger partial charge on any atom is 0.243 e. The molecule has 0 spiro atoms. The van der Waals surface area contributed by atoms with Crippen LogP contribution in [0, 0.1) is 13.8 Å². The van der Waals surface area contributed by atoms with Gasteiger partial charge in [-0.3, -0.25) is 13.9 Å². The van der Waals surface area contributed by atoms with Crippen molar-refractivity contribution in [3.05, 3.63) is 59.2 Å². The molecule has 0 bridgehead atoms. The van der Waals surface area contributed by atoms with E-state index in [9.17, 15) is 18.0 Å². The van der Waals surface area contributed by atoms with E-state index in [4.69, 9.17) is 4.74 Å². The summed E-state index contributed by atoms with van der Waals surface area (Å²) in [4.78, 5) is 28.7. The number of aryl methyl sites for hydroxylation is 1. The molecule has 39 heavy (non-hydrogen) atoms. The highest BCUT2D eigenvalue weighted by Crippen LogP contribution is 2.26. The Morgan fingerprint density at radius 3 is 2.44 bits per heavy atom. The summed E-state index contributed by atoms with van der Waals surface area (Å²) in [6.45, 7) is 6.20. The molecule has 0 heterocycles. The summed E-state index contributed by atoms with van der Waals surface area (Å²) in [7, 11) is -1.96. The third-order valence-corrected chi connectivity index (χ3v) is 8.75. The standard InChI is InChI=1S/C30H43N3O5S/c1-6-27(30(35)31-25-14-7-8-15-25)32(21-24-13-10-16-26(20-24)38-4)29(34)18-11-19-33(39(5,36)37)28-17-9-12-22(2)23(28)3/h9-10,12-13,16-17,20,25,27H,6-8,11,14-15,18-19,21H2,1-5H3,(H,31,35). The van der Waals surface area contributed by atoms with Crippen molar-refractivity contribution in [3.63, 3.8) is 0 Å². The Balaban J connectivity index is 1.79. The van der Waals surface area contributed by atoms with Crippen molar-refractivity contribution in [2.75, 3.05) is 24.2 Å². The van der Waals surface area contributed by atoms with Gasteiger partial charge in [-0.2, -0.15) is 0 Å². The van der Waals surface area contributed by atoms with Crippen LogP contribution in [0.5, 0.6) is 5.75 Å². The van der Waals surface area contributed by atoms with Crippen molar-refractivity contribution in [2.24, 2.45) is 0 Å². The molecule has 1 unspecified atom stereocenters. The van der Waals surface area contributed by atoms with Gasteiger partial charge in [-0.1, -0.05) is 44.0 Å². The van der Waals surface area contributed by atoms with Gasteiger partial charge < -0.3 is 15.0 Å². The second-order valence-corrected chi connectivity index (χ2v) is 12.4. The number of amides is 2. The molecular formula is C30H43N3O5S. The van der Waals surface area contributed by atoms with E-state index in [1.54, 1.807) is 18.1 Å². The summed E-state index contributed by atoms with van der Waals surface area (Å²) in [5, 5.41) is 3.16. The average Bonchev–Trinajstić information content (AvgIpc) is 3.40. The number of benzene rings is 2. The Hall–Kier alpha value is -3.07. The highest BCUT2D eigenvalue weighted by molar-refractivity contribution is 7.92. The first-order chi connectivity index (χ1) is 18.5. The zero-order valence-electron chi connectivity index (χ0n) is 23.9. The van der Waals surface area contributed by atoms with Crippen LogP contribution < -0.4 is 14.4 Å². The van der Waals surface area contributed by atoms with Crippen LogP contribution in [0.3, 0.4) is 0 Å². The van der Waals surface area contributed by atoms with Crippen LogP contribution >= 0.6 is 0 Å². The molecule has 2 aromatic carbocycles. The number of ether oxygens (including phenoxy) is 1. The normalized spacial score (nSPS) is 14.6. The summed E-state index contributed by atoms with van der Waals surface area (Å²) in [6.07, 6.45) is 6.25. The van der Waals surface area contributed by atoms with Crippen LogP contribution in [0.1, 0.15) is 68.6 Å². The third kappa shape index (κ3) is 8.21. The lowest BCUT2D eigenvalue weighted by Gasteiger charge is -2.32. The van der Waals surface area contributed by atoms with Crippen molar-refractivity contribution in [3.8, 4) is 5.75 Å². The molecule has 1 aliphatic carbocycles. The molecule has 1 aliphatic rings. The second kappa shape index (κ2) is 13.8. The number of anilines is 1. The summed E-state index contributed by atoms with van der Waals surface area (Å²) in [5.74, 6) is 0.370. The molecule has 1 atom stereocenters.